The van der Waals surface area contributed by atoms with Crippen molar-refractivity contribution < 1.29 is 18.3 Å². The van der Waals surface area contributed by atoms with Gasteiger partial charge in [0.1, 0.15) is 12.4 Å². The van der Waals surface area contributed by atoms with Gasteiger partial charge in [0.25, 0.3) is 0 Å². The molecule has 0 saturated carbocycles. The number of rotatable bonds is 4. The Hall–Kier alpha value is -1.37. The number of halogens is 3. The van der Waals surface area contributed by atoms with Gasteiger partial charge >= 0.3 is 6.18 Å². The molecular formula is C9H12F3N3O. The van der Waals surface area contributed by atoms with E-state index in [1.165, 1.54) is 12.4 Å². The molecule has 0 aromatic carbocycles. The van der Waals surface area contributed by atoms with E-state index >= 15 is 0 Å². The summed E-state index contributed by atoms with van der Waals surface area (Å²) in [6, 6.07) is 0. The number of hydrogen-bond donors (Lipinski definition) is 1. The first-order valence-corrected chi connectivity index (χ1v) is 4.64. The van der Waals surface area contributed by atoms with Crippen molar-refractivity contribution in [2.24, 2.45) is 0 Å². The molecule has 0 spiro atoms. The van der Waals surface area contributed by atoms with Gasteiger partial charge in [0.15, 0.2) is 0 Å². The van der Waals surface area contributed by atoms with E-state index in [1.807, 2.05) is 0 Å². The maximum atomic E-state index is 12.3. The van der Waals surface area contributed by atoms with Gasteiger partial charge in [0.05, 0.1) is 12.3 Å². The van der Waals surface area contributed by atoms with Gasteiger partial charge in [-0.15, -0.1) is 0 Å². The van der Waals surface area contributed by atoms with E-state index in [2.05, 4.69) is 9.97 Å². The number of hydrogen-bond acceptors (Lipinski definition) is 4. The molecule has 0 radical (unpaired) electrons. The van der Waals surface area contributed by atoms with E-state index in [-0.39, 0.29) is 19.0 Å². The number of aromatic nitrogens is 2. The molecule has 0 saturated heterocycles. The van der Waals surface area contributed by atoms with Crippen LogP contribution in [0.1, 0.15) is 5.69 Å². The average Bonchev–Trinajstić information content (AvgIpc) is 2.16. The molecule has 16 heavy (non-hydrogen) atoms. The maximum absolute atomic E-state index is 12.3. The van der Waals surface area contributed by atoms with Crippen molar-refractivity contribution in [2.45, 2.75) is 13.1 Å². The highest BCUT2D eigenvalue weighted by atomic mass is 19.4. The second-order valence-electron chi connectivity index (χ2n) is 3.23. The average molecular weight is 235 g/mol. The topological polar surface area (TPSA) is 49.2 Å². The number of anilines is 1. The summed E-state index contributed by atoms with van der Waals surface area (Å²) in [7, 11) is 0. The van der Waals surface area contributed by atoms with Crippen molar-refractivity contribution in [1.29, 1.82) is 0 Å². The molecule has 1 aromatic heterocycles. The van der Waals surface area contributed by atoms with E-state index in [1.54, 1.807) is 6.92 Å². The number of aryl methyl sites for hydroxylation is 1. The molecule has 0 aliphatic heterocycles. The standard InChI is InChI=1S/C9H12F3N3O/c1-7-8(14-3-2-13-7)15(4-5-16)6-9(10,11)12/h2-3,16H,4-6H2,1H3. The molecule has 0 amide bonds. The van der Waals surface area contributed by atoms with Gasteiger partial charge in [-0.1, -0.05) is 0 Å². The molecule has 0 atom stereocenters. The van der Waals surface area contributed by atoms with Crippen LogP contribution in [0.2, 0.25) is 0 Å². The van der Waals surface area contributed by atoms with Crippen molar-refractivity contribution in [3.63, 3.8) is 0 Å². The molecule has 1 rings (SSSR count). The van der Waals surface area contributed by atoms with Gasteiger partial charge in [-0.3, -0.25) is 4.98 Å². The van der Waals surface area contributed by atoms with Crippen LogP contribution in [-0.4, -0.2) is 40.9 Å². The van der Waals surface area contributed by atoms with E-state index in [9.17, 15) is 13.2 Å². The van der Waals surface area contributed by atoms with E-state index in [4.69, 9.17) is 5.11 Å². The molecule has 0 aliphatic carbocycles. The van der Waals surface area contributed by atoms with Crippen molar-refractivity contribution in [3.8, 4) is 0 Å². The SMILES string of the molecule is Cc1nccnc1N(CCO)CC(F)(F)F. The number of alkyl halides is 3. The summed E-state index contributed by atoms with van der Waals surface area (Å²) >= 11 is 0. The van der Waals surface area contributed by atoms with E-state index in [0.29, 0.717) is 5.69 Å². The Balaban J connectivity index is 2.89. The zero-order chi connectivity index (χ0) is 12.2. The quantitative estimate of drug-likeness (QED) is 0.850. The van der Waals surface area contributed by atoms with Crippen LogP contribution in [0.15, 0.2) is 12.4 Å². The second kappa shape index (κ2) is 5.11. The molecule has 0 aliphatic rings. The molecule has 0 unspecified atom stereocenters. The number of aliphatic hydroxyl groups is 1. The Morgan fingerprint density at radius 3 is 2.44 bits per heavy atom. The zero-order valence-electron chi connectivity index (χ0n) is 8.70. The van der Waals surface area contributed by atoms with Crippen LogP contribution in [0, 0.1) is 6.92 Å². The minimum atomic E-state index is -4.33. The lowest BCUT2D eigenvalue weighted by atomic mass is 10.3. The lowest BCUT2D eigenvalue weighted by molar-refractivity contribution is -0.120. The summed E-state index contributed by atoms with van der Waals surface area (Å²) in [5.41, 5.74) is 0.403. The smallest absolute Gasteiger partial charge is 0.395 e. The zero-order valence-corrected chi connectivity index (χ0v) is 8.70. The maximum Gasteiger partial charge on any atom is 0.405 e. The third-order valence-corrected chi connectivity index (χ3v) is 1.89. The van der Waals surface area contributed by atoms with Gasteiger partial charge in [-0.05, 0) is 6.92 Å². The fraction of sp³-hybridized carbons (Fsp3) is 0.556. The summed E-state index contributed by atoms with van der Waals surface area (Å²) in [4.78, 5) is 8.65. The molecule has 0 fully saturated rings. The number of nitrogens with zero attached hydrogens (tertiary/aromatic N) is 3. The molecule has 4 nitrogen and oxygen atoms in total. The lowest BCUT2D eigenvalue weighted by Crippen LogP contribution is -2.37. The third kappa shape index (κ3) is 3.65. The van der Waals surface area contributed by atoms with Crippen LogP contribution < -0.4 is 4.90 Å². The van der Waals surface area contributed by atoms with Crippen LogP contribution >= 0.6 is 0 Å². The lowest BCUT2D eigenvalue weighted by Gasteiger charge is -2.24. The van der Waals surface area contributed by atoms with Crippen LogP contribution in [-0.2, 0) is 0 Å². The van der Waals surface area contributed by atoms with Crippen LogP contribution in [0.4, 0.5) is 19.0 Å². The van der Waals surface area contributed by atoms with Gasteiger partial charge in [-0.2, -0.15) is 13.2 Å². The molecular weight excluding hydrogens is 223 g/mol. The monoisotopic (exact) mass is 235 g/mol. The van der Waals surface area contributed by atoms with E-state index < -0.39 is 12.7 Å². The first kappa shape index (κ1) is 12.7. The third-order valence-electron chi connectivity index (χ3n) is 1.89. The van der Waals surface area contributed by atoms with Crippen molar-refractivity contribution >= 4 is 5.82 Å². The largest absolute Gasteiger partial charge is 0.405 e. The van der Waals surface area contributed by atoms with Gasteiger partial charge in [-0.25, -0.2) is 4.98 Å². The van der Waals surface area contributed by atoms with Gasteiger partial charge in [0, 0.05) is 18.9 Å². The Labute approximate surface area is 90.7 Å². The highest BCUT2D eigenvalue weighted by Gasteiger charge is 2.31. The summed E-state index contributed by atoms with van der Waals surface area (Å²) in [5.74, 6) is 0.147. The van der Waals surface area contributed by atoms with Crippen molar-refractivity contribution in [3.05, 3.63) is 18.1 Å². The molecule has 1 N–H and O–H groups in total. The van der Waals surface area contributed by atoms with Crippen molar-refractivity contribution in [1.82, 2.24) is 9.97 Å². The molecule has 0 bridgehead atoms. The normalized spacial score (nSPS) is 11.6. The minimum absolute atomic E-state index is 0.126. The molecule has 90 valence electrons. The second-order valence-corrected chi connectivity index (χ2v) is 3.23. The predicted octanol–water partition coefficient (Wildman–Crippen LogP) is 1.15. The summed E-state index contributed by atoms with van der Waals surface area (Å²) < 4.78 is 36.8. The highest BCUT2D eigenvalue weighted by Crippen LogP contribution is 2.21. The fourth-order valence-corrected chi connectivity index (χ4v) is 1.31. The summed E-state index contributed by atoms with van der Waals surface area (Å²) in [6.07, 6.45) is -1.61. The Morgan fingerprint density at radius 2 is 1.94 bits per heavy atom. The highest BCUT2D eigenvalue weighted by molar-refractivity contribution is 5.42. The Morgan fingerprint density at radius 1 is 1.31 bits per heavy atom. The number of aliphatic hydroxyl groups excluding tert-OH is 1. The van der Waals surface area contributed by atoms with Crippen molar-refractivity contribution in [2.75, 3.05) is 24.6 Å². The fourth-order valence-electron chi connectivity index (χ4n) is 1.31. The van der Waals surface area contributed by atoms with Gasteiger partial charge < -0.3 is 10.0 Å². The Kier molecular flexibility index (Phi) is 4.05. The minimum Gasteiger partial charge on any atom is -0.395 e. The van der Waals surface area contributed by atoms with Crippen LogP contribution in [0.5, 0.6) is 0 Å². The van der Waals surface area contributed by atoms with Crippen LogP contribution in [0.3, 0.4) is 0 Å². The first-order chi connectivity index (χ1) is 7.44. The van der Waals surface area contributed by atoms with Crippen LogP contribution in [0.25, 0.3) is 0 Å². The molecule has 7 heteroatoms. The first-order valence-electron chi connectivity index (χ1n) is 4.64. The predicted molar refractivity (Wildman–Crippen MR) is 52.1 cm³/mol. The Bertz CT molecular complexity index is 343. The summed E-state index contributed by atoms with van der Waals surface area (Å²) in [6.45, 7) is -0.0681. The van der Waals surface area contributed by atoms with E-state index in [0.717, 1.165) is 4.90 Å². The summed E-state index contributed by atoms with van der Waals surface area (Å²) in [5, 5.41) is 8.73. The van der Waals surface area contributed by atoms with Gasteiger partial charge in [0.2, 0.25) is 0 Å². The molecule has 1 aromatic rings. The molecule has 1 heterocycles.